The predicted octanol–water partition coefficient (Wildman–Crippen LogP) is 26.3. The summed E-state index contributed by atoms with van der Waals surface area (Å²) in [5.74, 6) is 0. The largest absolute Gasteiger partial charge is 0.372 e. The van der Waals surface area contributed by atoms with Gasteiger partial charge in [-0.25, -0.2) is 0 Å². The summed E-state index contributed by atoms with van der Waals surface area (Å²) in [5, 5.41) is 15.7. The van der Waals surface area contributed by atoms with Gasteiger partial charge < -0.3 is 19.6 Å². The molecule has 514 valence electrons. The lowest BCUT2D eigenvalue weighted by Gasteiger charge is -2.49. The Morgan fingerprint density at radius 2 is 0.629 bits per heavy atom. The monoisotopic (exact) mass is 1360 g/mol. The number of rotatable bonds is 11. The Kier molecular flexibility index (Phi) is 16.0. The quantitative estimate of drug-likeness (QED) is 0.120. The zero-order valence-corrected chi connectivity index (χ0v) is 60.7. The van der Waals surface area contributed by atoms with E-state index in [1.165, 1.54) is 241 Å². The molecule has 0 bridgehead atoms. The Hall–Kier alpha value is -10.9. The maximum absolute atomic E-state index is 2.89. The SMILES string of the molecule is CC1(C)c2cc(-c3ccccc3)ccc2-c2ccc(-c3c4ccc(N5CCCCC5C5CCCCN5c5ccc6c(-c7ccccc7)c7cc(N8CCCCC8)ccc7c(-c7ccc8cc(-c9cccc%10ccccc9%10)ccc8c7)c6c5)cc4c(-c4ccccc4)c4ccc(N5CCCCC5)cc34)cc21. The molecule has 0 amide bonds. The summed E-state index contributed by atoms with van der Waals surface area (Å²) < 4.78 is 0. The zero-order valence-electron chi connectivity index (χ0n) is 60.7. The van der Waals surface area contributed by atoms with E-state index >= 15 is 0 Å². The van der Waals surface area contributed by atoms with Crippen molar-refractivity contribution in [1.82, 2.24) is 0 Å². The van der Waals surface area contributed by atoms with Crippen LogP contribution in [-0.2, 0) is 5.41 Å². The molecule has 0 N–H and O–H groups in total. The summed E-state index contributed by atoms with van der Waals surface area (Å²) in [6.07, 6.45) is 14.7. The number of hydrogen-bond donors (Lipinski definition) is 0. The van der Waals surface area contributed by atoms with Crippen LogP contribution in [0.5, 0.6) is 0 Å². The fourth-order valence-electron chi connectivity index (χ4n) is 20.0. The van der Waals surface area contributed by atoms with Gasteiger partial charge in [0, 0.05) is 79.5 Å². The van der Waals surface area contributed by atoms with Gasteiger partial charge in [-0.3, -0.25) is 0 Å². The summed E-state index contributed by atoms with van der Waals surface area (Å²) in [6.45, 7) is 11.4. The lowest BCUT2D eigenvalue weighted by Crippen LogP contribution is -2.56. The van der Waals surface area contributed by atoms with Crippen molar-refractivity contribution < 1.29 is 0 Å². The van der Waals surface area contributed by atoms with Gasteiger partial charge in [0.05, 0.1) is 0 Å². The topological polar surface area (TPSA) is 13.0 Å². The Balaban J connectivity index is 0.731. The molecule has 15 aromatic rings. The van der Waals surface area contributed by atoms with Crippen molar-refractivity contribution in [3.63, 3.8) is 0 Å². The summed E-state index contributed by atoms with van der Waals surface area (Å²) in [6, 6.07) is 109. The van der Waals surface area contributed by atoms with Crippen LogP contribution in [0.4, 0.5) is 22.7 Å². The normalized spacial score (nSPS) is 17.5. The standard InChI is InChI=1S/C101H90N4/c1-101(2)93-61-73(67-25-8-3-9-26-67)41-47-83(93)84-48-42-76(62-94(84)101)100-88-52-46-79(65-91(88)98(70-30-12-5-13-31-70)85-49-43-78(64-90(85)100)103-55-20-7-21-56-103)104-57-22-16-35-95(104)96-36-17-23-58-105(96)80-45-51-86-92(66-80)99(87-50-44-77(102-53-18-6-19-54-102)63-89(87)97(86)69-28-10-4-11-29-69)75-40-38-71-59-74(39-37-72(71)60-75)82-34-24-32-68-27-14-15-33-81(68)82/h3-5,8-15,24-34,37-52,59-66,95-96H,6-7,16-23,35-36,53-58H2,1-2H3. The van der Waals surface area contributed by atoms with Crippen molar-refractivity contribution in [2.24, 2.45) is 0 Å². The maximum Gasteiger partial charge on any atom is 0.0493 e. The van der Waals surface area contributed by atoms with Crippen LogP contribution in [0.2, 0.25) is 0 Å². The molecule has 0 radical (unpaired) electrons. The van der Waals surface area contributed by atoms with Crippen LogP contribution in [0.1, 0.15) is 102 Å². The van der Waals surface area contributed by atoms with Gasteiger partial charge in [-0.05, 0) is 303 Å². The molecule has 0 saturated carbocycles. The first-order valence-corrected chi connectivity index (χ1v) is 39.4. The Morgan fingerprint density at radius 1 is 0.238 bits per heavy atom. The predicted molar refractivity (Wildman–Crippen MR) is 450 cm³/mol. The second-order valence-electron chi connectivity index (χ2n) is 31.6. The summed E-state index contributed by atoms with van der Waals surface area (Å²) in [4.78, 5) is 11.1. The van der Waals surface area contributed by atoms with Crippen LogP contribution in [0.3, 0.4) is 0 Å². The molecule has 4 saturated heterocycles. The molecule has 2 unspecified atom stereocenters. The molecule has 4 heteroatoms. The van der Waals surface area contributed by atoms with Crippen molar-refractivity contribution in [2.45, 2.75) is 108 Å². The molecular weight excluding hydrogens is 1270 g/mol. The second-order valence-corrected chi connectivity index (χ2v) is 31.6. The van der Waals surface area contributed by atoms with E-state index in [-0.39, 0.29) is 5.41 Å². The van der Waals surface area contributed by atoms with Gasteiger partial charge in [-0.2, -0.15) is 0 Å². The third kappa shape index (κ3) is 11.1. The minimum atomic E-state index is -0.197. The van der Waals surface area contributed by atoms with E-state index in [0.717, 1.165) is 52.1 Å². The summed E-state index contributed by atoms with van der Waals surface area (Å²) >= 11 is 0. The van der Waals surface area contributed by atoms with Crippen molar-refractivity contribution in [3.05, 3.63) is 290 Å². The van der Waals surface area contributed by atoms with E-state index in [0.29, 0.717) is 12.1 Å². The van der Waals surface area contributed by atoms with Gasteiger partial charge in [0.25, 0.3) is 0 Å². The molecule has 0 aromatic heterocycles. The maximum atomic E-state index is 2.89. The molecule has 4 heterocycles. The lowest BCUT2D eigenvalue weighted by molar-refractivity contribution is 0.338. The second kappa shape index (κ2) is 26.3. The minimum Gasteiger partial charge on any atom is -0.372 e. The van der Waals surface area contributed by atoms with Crippen LogP contribution in [0.15, 0.2) is 279 Å². The summed E-state index contributed by atoms with van der Waals surface area (Å²) in [5.41, 5.74) is 26.2. The van der Waals surface area contributed by atoms with E-state index < -0.39 is 0 Å². The van der Waals surface area contributed by atoms with E-state index in [1.54, 1.807) is 0 Å². The number of nitrogens with zero attached hydrogens (tertiary/aromatic N) is 4. The van der Waals surface area contributed by atoms with Gasteiger partial charge in [-0.15, -0.1) is 0 Å². The highest BCUT2D eigenvalue weighted by Crippen LogP contribution is 2.54. The number of anilines is 4. The van der Waals surface area contributed by atoms with Crippen LogP contribution in [0.25, 0.3) is 143 Å². The van der Waals surface area contributed by atoms with Crippen molar-refractivity contribution in [2.75, 3.05) is 58.9 Å². The molecule has 105 heavy (non-hydrogen) atoms. The molecular formula is C101H90N4. The first kappa shape index (κ1) is 63.7. The van der Waals surface area contributed by atoms with Crippen LogP contribution < -0.4 is 19.6 Å². The fourth-order valence-corrected chi connectivity index (χ4v) is 20.0. The molecule has 0 spiro atoms. The van der Waals surface area contributed by atoms with Gasteiger partial charge in [0.1, 0.15) is 0 Å². The smallest absolute Gasteiger partial charge is 0.0493 e. The van der Waals surface area contributed by atoms with E-state index in [9.17, 15) is 0 Å². The van der Waals surface area contributed by atoms with E-state index in [2.05, 4.69) is 312 Å². The average molecular weight is 1360 g/mol. The highest BCUT2D eigenvalue weighted by molar-refractivity contribution is 6.24. The van der Waals surface area contributed by atoms with Crippen LogP contribution >= 0.6 is 0 Å². The molecule has 4 aliphatic heterocycles. The number of fused-ring (bicyclic) bond motifs is 9. The van der Waals surface area contributed by atoms with E-state index in [1.807, 2.05) is 0 Å². The van der Waals surface area contributed by atoms with Crippen molar-refractivity contribution in [1.29, 1.82) is 0 Å². The number of piperidine rings is 4. The first-order chi connectivity index (χ1) is 51.8. The van der Waals surface area contributed by atoms with Gasteiger partial charge in [-0.1, -0.05) is 220 Å². The summed E-state index contributed by atoms with van der Waals surface area (Å²) in [7, 11) is 0. The molecule has 4 nitrogen and oxygen atoms in total. The highest BCUT2D eigenvalue weighted by atomic mass is 15.3. The van der Waals surface area contributed by atoms with Gasteiger partial charge >= 0.3 is 0 Å². The molecule has 15 aromatic carbocycles. The third-order valence-corrected chi connectivity index (χ3v) is 25.2. The van der Waals surface area contributed by atoms with Crippen LogP contribution in [-0.4, -0.2) is 51.4 Å². The van der Waals surface area contributed by atoms with Crippen molar-refractivity contribution >= 4 is 87.4 Å². The van der Waals surface area contributed by atoms with Crippen LogP contribution in [0, 0.1) is 0 Å². The zero-order chi connectivity index (χ0) is 69.7. The Bertz CT molecular complexity index is 5880. The van der Waals surface area contributed by atoms with E-state index in [4.69, 9.17) is 0 Å². The highest BCUT2D eigenvalue weighted by Gasteiger charge is 2.39. The number of benzene rings is 15. The fraction of sp³-hybridized carbons (Fsp3) is 0.228. The molecule has 5 aliphatic rings. The Morgan fingerprint density at radius 3 is 1.15 bits per heavy atom. The first-order valence-electron chi connectivity index (χ1n) is 39.4. The molecule has 1 aliphatic carbocycles. The molecule has 4 fully saturated rings. The van der Waals surface area contributed by atoms with Crippen molar-refractivity contribution in [3.8, 4) is 77.9 Å². The Labute approximate surface area is 618 Å². The minimum absolute atomic E-state index is 0.197. The molecule has 20 rings (SSSR count). The lowest BCUT2D eigenvalue weighted by atomic mass is 9.79. The molecule has 2 atom stereocenters. The number of hydrogen-bond acceptors (Lipinski definition) is 4. The van der Waals surface area contributed by atoms with Gasteiger partial charge in [0.2, 0.25) is 0 Å². The van der Waals surface area contributed by atoms with Gasteiger partial charge in [0.15, 0.2) is 0 Å². The third-order valence-electron chi connectivity index (χ3n) is 25.2. The average Bonchev–Trinajstić information content (AvgIpc) is 1.66.